The van der Waals surface area contributed by atoms with E-state index in [0.717, 1.165) is 12.1 Å². The molecule has 1 aromatic rings. The van der Waals surface area contributed by atoms with Gasteiger partial charge in [-0.05, 0) is 46.3 Å². The Bertz CT molecular complexity index is 479. The summed E-state index contributed by atoms with van der Waals surface area (Å²) in [6.07, 6.45) is 3.64. The van der Waals surface area contributed by atoms with Crippen molar-refractivity contribution in [3.05, 3.63) is 32.8 Å². The summed E-state index contributed by atoms with van der Waals surface area (Å²) in [5, 5.41) is 14.4. The van der Waals surface area contributed by atoms with Gasteiger partial charge in [-0.25, -0.2) is 0 Å². The quantitative estimate of drug-likeness (QED) is 0.652. The highest BCUT2D eigenvalue weighted by Gasteiger charge is 2.27. The lowest BCUT2D eigenvalue weighted by Gasteiger charge is -2.35. The topological polar surface area (TPSA) is 55.2 Å². The first kappa shape index (κ1) is 14.3. The standard InChI is InChI=1S/C14H19BrN2O2/c1-9-4-3-5-13(10(9)2)16-11-6-7-12(15)14(8-11)17(18)19/h6-10,13,16H,3-5H2,1-2H3. The number of nitro groups is 1. The molecule has 1 N–H and O–H groups in total. The summed E-state index contributed by atoms with van der Waals surface area (Å²) in [5.41, 5.74) is 0.947. The van der Waals surface area contributed by atoms with Gasteiger partial charge in [-0.1, -0.05) is 26.7 Å². The fourth-order valence-corrected chi connectivity index (χ4v) is 3.13. The molecular weight excluding hydrogens is 308 g/mol. The van der Waals surface area contributed by atoms with Crippen LogP contribution in [0.3, 0.4) is 0 Å². The van der Waals surface area contributed by atoms with Gasteiger partial charge in [-0.2, -0.15) is 0 Å². The molecule has 0 radical (unpaired) electrons. The Kier molecular flexibility index (Phi) is 4.45. The lowest BCUT2D eigenvalue weighted by Crippen LogP contribution is -2.34. The number of anilines is 1. The highest BCUT2D eigenvalue weighted by Crippen LogP contribution is 2.33. The third kappa shape index (κ3) is 3.26. The van der Waals surface area contributed by atoms with Crippen LogP contribution in [0.4, 0.5) is 11.4 Å². The molecule has 1 aliphatic carbocycles. The Morgan fingerprint density at radius 3 is 2.79 bits per heavy atom. The molecule has 0 heterocycles. The molecule has 4 nitrogen and oxygen atoms in total. The molecule has 2 rings (SSSR count). The maximum atomic E-state index is 10.9. The first-order valence-electron chi connectivity index (χ1n) is 6.69. The predicted molar refractivity (Wildman–Crippen MR) is 80.4 cm³/mol. The van der Waals surface area contributed by atoms with Crippen molar-refractivity contribution in [1.82, 2.24) is 0 Å². The van der Waals surface area contributed by atoms with E-state index in [-0.39, 0.29) is 10.6 Å². The summed E-state index contributed by atoms with van der Waals surface area (Å²) < 4.78 is 0.521. The Hall–Kier alpha value is -1.10. The Morgan fingerprint density at radius 1 is 1.37 bits per heavy atom. The van der Waals surface area contributed by atoms with Crippen molar-refractivity contribution in [2.24, 2.45) is 11.8 Å². The van der Waals surface area contributed by atoms with Crippen LogP contribution in [0.1, 0.15) is 33.1 Å². The normalized spacial score (nSPS) is 27.0. The van der Waals surface area contributed by atoms with Gasteiger partial charge in [0.15, 0.2) is 0 Å². The first-order chi connectivity index (χ1) is 8.99. The molecule has 0 aromatic heterocycles. The van der Waals surface area contributed by atoms with Crippen LogP contribution in [0.15, 0.2) is 22.7 Å². The number of halogens is 1. The number of nitrogens with zero attached hydrogens (tertiary/aromatic N) is 1. The largest absolute Gasteiger partial charge is 0.382 e. The second-order valence-corrected chi connectivity index (χ2v) is 6.30. The maximum Gasteiger partial charge on any atom is 0.285 e. The smallest absolute Gasteiger partial charge is 0.285 e. The van der Waals surface area contributed by atoms with Crippen LogP contribution in [-0.4, -0.2) is 11.0 Å². The zero-order valence-corrected chi connectivity index (χ0v) is 12.8. The van der Waals surface area contributed by atoms with Gasteiger partial charge in [-0.15, -0.1) is 0 Å². The van der Waals surface area contributed by atoms with Crippen molar-refractivity contribution < 1.29 is 4.92 Å². The van der Waals surface area contributed by atoms with Gasteiger partial charge in [0.25, 0.3) is 5.69 Å². The molecule has 1 aliphatic rings. The molecule has 1 fully saturated rings. The van der Waals surface area contributed by atoms with Gasteiger partial charge in [0, 0.05) is 17.8 Å². The predicted octanol–water partition coefficient (Wildman–Crippen LogP) is 4.59. The minimum Gasteiger partial charge on any atom is -0.382 e. The Labute approximate surface area is 121 Å². The summed E-state index contributed by atoms with van der Waals surface area (Å²) in [6.45, 7) is 4.54. The van der Waals surface area contributed by atoms with Gasteiger partial charge in [0.1, 0.15) is 0 Å². The van der Waals surface area contributed by atoms with E-state index >= 15 is 0 Å². The molecular formula is C14H19BrN2O2. The zero-order chi connectivity index (χ0) is 14.0. The van der Waals surface area contributed by atoms with Crippen LogP contribution in [0.5, 0.6) is 0 Å². The molecule has 0 spiro atoms. The SMILES string of the molecule is CC1CCCC(Nc2ccc(Br)c([N+](=O)[O-])c2)C1C. The molecule has 0 amide bonds. The summed E-state index contributed by atoms with van der Waals surface area (Å²) in [6, 6.07) is 5.64. The van der Waals surface area contributed by atoms with Crippen LogP contribution in [0.25, 0.3) is 0 Å². The highest BCUT2D eigenvalue weighted by molar-refractivity contribution is 9.10. The van der Waals surface area contributed by atoms with E-state index < -0.39 is 0 Å². The number of rotatable bonds is 3. The van der Waals surface area contributed by atoms with E-state index in [4.69, 9.17) is 0 Å². The molecule has 0 aliphatic heterocycles. The van der Waals surface area contributed by atoms with Crippen LogP contribution < -0.4 is 5.32 Å². The molecule has 3 unspecified atom stereocenters. The molecule has 19 heavy (non-hydrogen) atoms. The number of hydrogen-bond acceptors (Lipinski definition) is 3. The molecule has 3 atom stereocenters. The first-order valence-corrected chi connectivity index (χ1v) is 7.49. The van der Waals surface area contributed by atoms with Crippen molar-refractivity contribution in [2.75, 3.05) is 5.32 Å². The fourth-order valence-electron chi connectivity index (χ4n) is 2.74. The summed E-state index contributed by atoms with van der Waals surface area (Å²) in [7, 11) is 0. The molecule has 0 saturated heterocycles. The van der Waals surface area contributed by atoms with E-state index in [1.165, 1.54) is 12.8 Å². The van der Waals surface area contributed by atoms with Crippen molar-refractivity contribution in [3.63, 3.8) is 0 Å². The monoisotopic (exact) mass is 326 g/mol. The van der Waals surface area contributed by atoms with Crippen LogP contribution in [-0.2, 0) is 0 Å². The lowest BCUT2D eigenvalue weighted by molar-refractivity contribution is -0.385. The Morgan fingerprint density at radius 2 is 2.11 bits per heavy atom. The van der Waals surface area contributed by atoms with Crippen molar-refractivity contribution in [1.29, 1.82) is 0 Å². The molecule has 1 aromatic carbocycles. The zero-order valence-electron chi connectivity index (χ0n) is 11.2. The van der Waals surface area contributed by atoms with Gasteiger partial charge < -0.3 is 5.32 Å². The third-order valence-electron chi connectivity index (χ3n) is 4.20. The van der Waals surface area contributed by atoms with Crippen LogP contribution in [0, 0.1) is 22.0 Å². The average Bonchev–Trinajstić information content (AvgIpc) is 2.37. The van der Waals surface area contributed by atoms with E-state index in [9.17, 15) is 10.1 Å². The highest BCUT2D eigenvalue weighted by atomic mass is 79.9. The number of benzene rings is 1. The molecule has 5 heteroatoms. The summed E-state index contributed by atoms with van der Waals surface area (Å²) in [4.78, 5) is 10.6. The van der Waals surface area contributed by atoms with Crippen molar-refractivity contribution in [3.8, 4) is 0 Å². The van der Waals surface area contributed by atoms with E-state index in [1.54, 1.807) is 12.1 Å². The second-order valence-electron chi connectivity index (χ2n) is 5.44. The summed E-state index contributed by atoms with van der Waals surface area (Å²) >= 11 is 3.21. The molecule has 0 bridgehead atoms. The Balaban J connectivity index is 2.15. The van der Waals surface area contributed by atoms with Crippen LogP contribution in [0.2, 0.25) is 0 Å². The molecule has 1 saturated carbocycles. The van der Waals surface area contributed by atoms with Gasteiger partial charge >= 0.3 is 0 Å². The van der Waals surface area contributed by atoms with Gasteiger partial charge in [0.05, 0.1) is 9.40 Å². The van der Waals surface area contributed by atoms with Gasteiger partial charge in [0.2, 0.25) is 0 Å². The summed E-state index contributed by atoms with van der Waals surface area (Å²) in [5.74, 6) is 1.30. The van der Waals surface area contributed by atoms with Crippen molar-refractivity contribution in [2.45, 2.75) is 39.2 Å². The third-order valence-corrected chi connectivity index (χ3v) is 4.87. The number of nitrogens with one attached hydrogen (secondary N) is 1. The maximum absolute atomic E-state index is 10.9. The van der Waals surface area contributed by atoms with Crippen LogP contribution >= 0.6 is 15.9 Å². The fraction of sp³-hybridized carbons (Fsp3) is 0.571. The number of nitro benzene ring substituents is 1. The van der Waals surface area contributed by atoms with E-state index in [0.29, 0.717) is 22.4 Å². The van der Waals surface area contributed by atoms with Gasteiger partial charge in [-0.3, -0.25) is 10.1 Å². The van der Waals surface area contributed by atoms with E-state index in [2.05, 4.69) is 35.1 Å². The average molecular weight is 327 g/mol. The number of hydrogen-bond donors (Lipinski definition) is 1. The lowest BCUT2D eigenvalue weighted by atomic mass is 9.78. The molecule has 104 valence electrons. The second kappa shape index (κ2) is 5.90. The van der Waals surface area contributed by atoms with Crippen molar-refractivity contribution >= 4 is 27.3 Å². The van der Waals surface area contributed by atoms with E-state index in [1.807, 2.05) is 6.07 Å². The minimum atomic E-state index is -0.359. The minimum absolute atomic E-state index is 0.113.